The van der Waals surface area contributed by atoms with E-state index < -0.39 is 0 Å². The number of hydrogen-bond donors (Lipinski definition) is 3. The van der Waals surface area contributed by atoms with E-state index in [4.69, 9.17) is 17.3 Å². The fraction of sp³-hybridized carbons (Fsp3) is 0.444. The minimum absolute atomic E-state index is 0.149. The zero-order valence-corrected chi connectivity index (χ0v) is 9.34. The summed E-state index contributed by atoms with van der Waals surface area (Å²) < 4.78 is 0. The molecule has 0 radical (unpaired) electrons. The van der Waals surface area contributed by atoms with Crippen LogP contribution in [0.3, 0.4) is 0 Å². The number of anilines is 1. The second-order valence-corrected chi connectivity index (χ2v) is 3.39. The van der Waals surface area contributed by atoms with Crippen LogP contribution in [0.2, 0.25) is 0 Å². The van der Waals surface area contributed by atoms with Crippen molar-refractivity contribution in [2.24, 2.45) is 0 Å². The van der Waals surface area contributed by atoms with E-state index in [0.29, 0.717) is 24.0 Å². The molecule has 0 aliphatic rings. The van der Waals surface area contributed by atoms with Gasteiger partial charge in [-0.25, -0.2) is 9.97 Å². The Labute approximate surface area is 93.9 Å². The molecule has 1 rings (SSSR count). The third-order valence-electron chi connectivity index (χ3n) is 1.64. The molecule has 0 amide bonds. The summed E-state index contributed by atoms with van der Waals surface area (Å²) in [6.45, 7) is 2.67. The summed E-state index contributed by atoms with van der Waals surface area (Å²) >= 11 is 5.01. The highest BCUT2D eigenvalue weighted by molar-refractivity contribution is 7.80. The van der Waals surface area contributed by atoms with E-state index in [1.165, 1.54) is 0 Å². The Hall–Kier alpha value is -1.27. The monoisotopic (exact) mass is 226 g/mol. The Morgan fingerprint density at radius 3 is 3.07 bits per heavy atom. The van der Waals surface area contributed by atoms with E-state index in [9.17, 15) is 0 Å². The Balaban J connectivity index is 2.37. The number of aliphatic hydroxyl groups excluding tert-OH is 1. The van der Waals surface area contributed by atoms with Crippen molar-refractivity contribution in [2.45, 2.75) is 13.3 Å². The zero-order chi connectivity index (χ0) is 11.1. The van der Waals surface area contributed by atoms with Gasteiger partial charge in [0.1, 0.15) is 0 Å². The Morgan fingerprint density at radius 2 is 2.40 bits per heavy atom. The molecule has 3 N–H and O–H groups in total. The highest BCUT2D eigenvalue weighted by atomic mass is 32.1. The number of nitrogens with zero attached hydrogens (tertiary/aromatic N) is 2. The number of aromatic nitrogens is 2. The van der Waals surface area contributed by atoms with Crippen LogP contribution in [0.4, 0.5) is 5.95 Å². The number of rotatable bonds is 4. The maximum Gasteiger partial charge on any atom is 0.229 e. The molecule has 0 aromatic carbocycles. The molecule has 1 aromatic heterocycles. The lowest BCUT2D eigenvalue weighted by atomic mass is 10.4. The van der Waals surface area contributed by atoms with Gasteiger partial charge in [-0.05, 0) is 31.6 Å². The van der Waals surface area contributed by atoms with Crippen LogP contribution in [0, 0.1) is 6.92 Å². The van der Waals surface area contributed by atoms with Crippen LogP contribution >= 0.6 is 12.2 Å². The van der Waals surface area contributed by atoms with Crippen molar-refractivity contribution >= 4 is 23.3 Å². The maximum atomic E-state index is 8.58. The van der Waals surface area contributed by atoms with Crippen molar-refractivity contribution in [3.63, 3.8) is 0 Å². The molecule has 1 aromatic rings. The van der Waals surface area contributed by atoms with Gasteiger partial charge in [-0.2, -0.15) is 0 Å². The Bertz CT molecular complexity index is 332. The summed E-state index contributed by atoms with van der Waals surface area (Å²) in [5, 5.41) is 14.8. The molecule has 1 heterocycles. The zero-order valence-electron chi connectivity index (χ0n) is 8.53. The minimum Gasteiger partial charge on any atom is -0.396 e. The normalized spacial score (nSPS) is 9.73. The summed E-state index contributed by atoms with van der Waals surface area (Å²) in [5.74, 6) is 0.483. The SMILES string of the molecule is Cc1ccnc(NC(=S)NCCCO)n1. The van der Waals surface area contributed by atoms with E-state index in [-0.39, 0.29) is 6.61 Å². The summed E-state index contributed by atoms with van der Waals surface area (Å²) in [6, 6.07) is 1.81. The molecule has 0 bridgehead atoms. The predicted molar refractivity (Wildman–Crippen MR) is 62.7 cm³/mol. The fourth-order valence-corrected chi connectivity index (χ4v) is 1.13. The first-order valence-electron chi connectivity index (χ1n) is 4.67. The fourth-order valence-electron chi connectivity index (χ4n) is 0.936. The van der Waals surface area contributed by atoms with Gasteiger partial charge in [0.15, 0.2) is 5.11 Å². The molecule has 5 nitrogen and oxygen atoms in total. The predicted octanol–water partition coefficient (Wildman–Crippen LogP) is 0.454. The molecule has 6 heteroatoms. The highest BCUT2D eigenvalue weighted by Gasteiger charge is 1.99. The molecule has 0 fully saturated rings. The standard InChI is InChI=1S/C9H14N4OS/c1-7-3-5-10-8(12-7)13-9(15)11-4-2-6-14/h3,5,14H,2,4,6H2,1H3,(H2,10,11,12,13,15). The van der Waals surface area contributed by atoms with Gasteiger partial charge in [-0.15, -0.1) is 0 Å². The molecule has 0 aliphatic carbocycles. The van der Waals surface area contributed by atoms with Crippen molar-refractivity contribution in [1.82, 2.24) is 15.3 Å². The molecule has 82 valence electrons. The van der Waals surface area contributed by atoms with E-state index in [1.807, 2.05) is 13.0 Å². The van der Waals surface area contributed by atoms with Crippen LogP contribution in [0.15, 0.2) is 12.3 Å². The second kappa shape index (κ2) is 6.26. The first kappa shape index (κ1) is 11.8. The lowest BCUT2D eigenvalue weighted by Crippen LogP contribution is -2.30. The molecule has 0 aliphatic heterocycles. The lowest BCUT2D eigenvalue weighted by molar-refractivity contribution is 0.289. The maximum absolute atomic E-state index is 8.58. The van der Waals surface area contributed by atoms with Gasteiger partial charge in [0.25, 0.3) is 0 Å². The lowest BCUT2D eigenvalue weighted by Gasteiger charge is -2.08. The van der Waals surface area contributed by atoms with Crippen molar-refractivity contribution in [1.29, 1.82) is 0 Å². The molecule has 0 saturated heterocycles. The first-order chi connectivity index (χ1) is 7.22. The van der Waals surface area contributed by atoms with Crippen LogP contribution in [-0.2, 0) is 0 Å². The average Bonchev–Trinajstić information content (AvgIpc) is 2.18. The first-order valence-corrected chi connectivity index (χ1v) is 5.08. The number of nitrogens with one attached hydrogen (secondary N) is 2. The molecule has 0 unspecified atom stereocenters. The molecule has 15 heavy (non-hydrogen) atoms. The second-order valence-electron chi connectivity index (χ2n) is 2.98. The van der Waals surface area contributed by atoms with Gasteiger partial charge in [0.2, 0.25) is 5.95 Å². The highest BCUT2D eigenvalue weighted by Crippen LogP contribution is 1.98. The number of aryl methyl sites for hydroxylation is 1. The van der Waals surface area contributed by atoms with Gasteiger partial charge >= 0.3 is 0 Å². The van der Waals surface area contributed by atoms with Gasteiger partial charge in [-0.3, -0.25) is 0 Å². The minimum atomic E-state index is 0.149. The van der Waals surface area contributed by atoms with E-state index >= 15 is 0 Å². The molecule has 0 saturated carbocycles. The van der Waals surface area contributed by atoms with Gasteiger partial charge < -0.3 is 15.7 Å². The van der Waals surface area contributed by atoms with Gasteiger partial charge in [0, 0.05) is 25.0 Å². The smallest absolute Gasteiger partial charge is 0.229 e. The summed E-state index contributed by atoms with van der Waals surface area (Å²) in [4.78, 5) is 8.15. The average molecular weight is 226 g/mol. The van der Waals surface area contributed by atoms with Crippen LogP contribution in [-0.4, -0.2) is 33.3 Å². The summed E-state index contributed by atoms with van der Waals surface area (Å²) in [6.07, 6.45) is 2.33. The number of thiocarbonyl (C=S) groups is 1. The number of aliphatic hydroxyl groups is 1. The Morgan fingerprint density at radius 1 is 1.60 bits per heavy atom. The van der Waals surface area contributed by atoms with E-state index in [0.717, 1.165) is 5.69 Å². The van der Waals surface area contributed by atoms with Crippen LogP contribution < -0.4 is 10.6 Å². The van der Waals surface area contributed by atoms with E-state index in [2.05, 4.69) is 20.6 Å². The van der Waals surface area contributed by atoms with Crippen LogP contribution in [0.1, 0.15) is 12.1 Å². The van der Waals surface area contributed by atoms with Crippen molar-refractivity contribution in [3.8, 4) is 0 Å². The van der Waals surface area contributed by atoms with Crippen molar-refractivity contribution < 1.29 is 5.11 Å². The quantitative estimate of drug-likeness (QED) is 0.511. The largest absolute Gasteiger partial charge is 0.396 e. The topological polar surface area (TPSA) is 70.1 Å². The molecule has 0 spiro atoms. The van der Waals surface area contributed by atoms with E-state index in [1.54, 1.807) is 6.20 Å². The van der Waals surface area contributed by atoms with Crippen molar-refractivity contribution in [3.05, 3.63) is 18.0 Å². The van der Waals surface area contributed by atoms with Gasteiger partial charge in [0.05, 0.1) is 0 Å². The summed E-state index contributed by atoms with van der Waals surface area (Å²) in [7, 11) is 0. The Kier molecular flexibility index (Phi) is 4.92. The molecular weight excluding hydrogens is 212 g/mol. The third-order valence-corrected chi connectivity index (χ3v) is 1.89. The number of hydrogen-bond acceptors (Lipinski definition) is 4. The van der Waals surface area contributed by atoms with Crippen LogP contribution in [0.5, 0.6) is 0 Å². The molecular formula is C9H14N4OS. The van der Waals surface area contributed by atoms with Crippen LogP contribution in [0.25, 0.3) is 0 Å². The summed E-state index contributed by atoms with van der Waals surface area (Å²) in [5.41, 5.74) is 0.880. The van der Waals surface area contributed by atoms with Crippen molar-refractivity contribution in [2.75, 3.05) is 18.5 Å². The van der Waals surface area contributed by atoms with Gasteiger partial charge in [-0.1, -0.05) is 0 Å². The third kappa shape index (κ3) is 4.66. The molecule has 0 atom stereocenters.